The van der Waals surface area contributed by atoms with Gasteiger partial charge in [0.15, 0.2) is 10.5 Å². The number of carbonyl (C=O) groups excluding carboxylic acids is 2. The Bertz CT molecular complexity index is 950. The second-order valence-corrected chi connectivity index (χ2v) is 5.66. The van der Waals surface area contributed by atoms with Crippen LogP contribution in [-0.2, 0) is 9.59 Å². The molecule has 0 spiro atoms. The van der Waals surface area contributed by atoms with Gasteiger partial charge in [0.05, 0.1) is 10.9 Å². The van der Waals surface area contributed by atoms with Crippen LogP contribution < -0.4 is 16.1 Å². The summed E-state index contributed by atoms with van der Waals surface area (Å²) >= 11 is 4.72. The van der Waals surface area contributed by atoms with Crippen molar-refractivity contribution in [1.29, 1.82) is 0 Å². The van der Waals surface area contributed by atoms with E-state index in [2.05, 4.69) is 10.6 Å². The number of benzene rings is 1. The van der Waals surface area contributed by atoms with Gasteiger partial charge < -0.3 is 4.42 Å². The average molecular weight is 328 g/mol. The zero-order valence-corrected chi connectivity index (χ0v) is 13.2. The molecule has 1 saturated heterocycles. The maximum atomic E-state index is 12.5. The van der Waals surface area contributed by atoms with Crippen LogP contribution in [0.5, 0.6) is 0 Å². The SMILES string of the molecule is Cc1cc2occ(C=C3C(=O)NC(=S)NC3=O)c(=O)c2cc1C. The van der Waals surface area contributed by atoms with Crippen molar-refractivity contribution in [3.8, 4) is 0 Å². The predicted molar refractivity (Wildman–Crippen MR) is 88.8 cm³/mol. The minimum atomic E-state index is -0.654. The summed E-state index contributed by atoms with van der Waals surface area (Å²) in [4.78, 5) is 36.2. The molecule has 1 fully saturated rings. The van der Waals surface area contributed by atoms with Crippen LogP contribution in [0.4, 0.5) is 0 Å². The Morgan fingerprint density at radius 1 is 1.04 bits per heavy atom. The highest BCUT2D eigenvalue weighted by atomic mass is 32.1. The third-order valence-electron chi connectivity index (χ3n) is 3.66. The summed E-state index contributed by atoms with van der Waals surface area (Å²) in [7, 11) is 0. The van der Waals surface area contributed by atoms with E-state index in [-0.39, 0.29) is 21.7 Å². The fraction of sp³-hybridized carbons (Fsp3) is 0.125. The Labute approximate surface area is 136 Å². The fourth-order valence-electron chi connectivity index (χ4n) is 2.26. The first-order valence-electron chi connectivity index (χ1n) is 6.78. The molecular formula is C16H12N2O4S. The molecule has 0 bridgehead atoms. The van der Waals surface area contributed by atoms with Crippen molar-refractivity contribution < 1.29 is 14.0 Å². The molecule has 2 N–H and O–H groups in total. The van der Waals surface area contributed by atoms with Crippen LogP contribution >= 0.6 is 12.2 Å². The molecule has 0 atom stereocenters. The van der Waals surface area contributed by atoms with E-state index in [0.29, 0.717) is 11.0 Å². The van der Waals surface area contributed by atoms with E-state index in [1.54, 1.807) is 12.1 Å². The van der Waals surface area contributed by atoms with Crippen molar-refractivity contribution in [2.45, 2.75) is 13.8 Å². The molecule has 2 aromatic rings. The van der Waals surface area contributed by atoms with E-state index in [0.717, 1.165) is 11.1 Å². The van der Waals surface area contributed by atoms with Crippen molar-refractivity contribution in [3.05, 3.63) is 50.9 Å². The predicted octanol–water partition coefficient (Wildman–Crippen LogP) is 1.32. The zero-order chi connectivity index (χ0) is 16.7. The fourth-order valence-corrected chi connectivity index (χ4v) is 2.45. The van der Waals surface area contributed by atoms with Crippen LogP contribution in [0.3, 0.4) is 0 Å². The van der Waals surface area contributed by atoms with Gasteiger partial charge in [-0.25, -0.2) is 0 Å². The lowest BCUT2D eigenvalue weighted by molar-refractivity contribution is -0.123. The third kappa shape index (κ3) is 2.66. The van der Waals surface area contributed by atoms with E-state index in [4.69, 9.17) is 16.6 Å². The Morgan fingerprint density at radius 2 is 1.65 bits per heavy atom. The molecule has 116 valence electrons. The number of rotatable bonds is 1. The van der Waals surface area contributed by atoms with Crippen molar-refractivity contribution in [2.75, 3.05) is 0 Å². The van der Waals surface area contributed by atoms with Crippen LogP contribution in [0, 0.1) is 13.8 Å². The van der Waals surface area contributed by atoms with Gasteiger partial charge in [-0.05, 0) is 55.4 Å². The highest BCUT2D eigenvalue weighted by Crippen LogP contribution is 2.18. The largest absolute Gasteiger partial charge is 0.463 e. The number of hydrogen-bond donors (Lipinski definition) is 2. The van der Waals surface area contributed by atoms with E-state index in [1.807, 2.05) is 13.8 Å². The first-order chi connectivity index (χ1) is 10.9. The van der Waals surface area contributed by atoms with Crippen LogP contribution in [0.1, 0.15) is 16.7 Å². The molecule has 1 aliphatic heterocycles. The summed E-state index contributed by atoms with van der Waals surface area (Å²) < 4.78 is 5.46. The molecule has 1 aromatic heterocycles. The Morgan fingerprint density at radius 3 is 2.30 bits per heavy atom. The Kier molecular flexibility index (Phi) is 3.57. The van der Waals surface area contributed by atoms with Crippen molar-refractivity contribution in [3.63, 3.8) is 0 Å². The van der Waals surface area contributed by atoms with Crippen molar-refractivity contribution in [1.82, 2.24) is 10.6 Å². The van der Waals surface area contributed by atoms with E-state index < -0.39 is 11.8 Å². The molecule has 1 aromatic carbocycles. The summed E-state index contributed by atoms with van der Waals surface area (Å²) in [6.07, 6.45) is 2.44. The summed E-state index contributed by atoms with van der Waals surface area (Å²) in [5.74, 6) is -1.31. The molecule has 23 heavy (non-hydrogen) atoms. The number of aryl methyl sites for hydroxylation is 2. The molecule has 1 aliphatic rings. The van der Waals surface area contributed by atoms with Gasteiger partial charge in [0, 0.05) is 0 Å². The molecule has 3 rings (SSSR count). The monoisotopic (exact) mass is 328 g/mol. The molecule has 7 heteroatoms. The van der Waals surface area contributed by atoms with Crippen LogP contribution in [-0.4, -0.2) is 16.9 Å². The van der Waals surface area contributed by atoms with Gasteiger partial charge in [0.25, 0.3) is 11.8 Å². The zero-order valence-electron chi connectivity index (χ0n) is 12.4. The second kappa shape index (κ2) is 5.44. The number of amides is 2. The summed E-state index contributed by atoms with van der Waals surface area (Å²) in [5, 5.41) is 4.96. The maximum Gasteiger partial charge on any atom is 0.263 e. The third-order valence-corrected chi connectivity index (χ3v) is 3.86. The lowest BCUT2D eigenvalue weighted by Gasteiger charge is -2.16. The Balaban J connectivity index is 2.16. The summed E-state index contributed by atoms with van der Waals surface area (Å²) in [6.45, 7) is 3.81. The van der Waals surface area contributed by atoms with Gasteiger partial charge in [-0.15, -0.1) is 0 Å². The van der Waals surface area contributed by atoms with Gasteiger partial charge in [-0.3, -0.25) is 25.0 Å². The lowest BCUT2D eigenvalue weighted by atomic mass is 10.0. The molecule has 2 amide bonds. The standard InChI is InChI=1S/C16H12N2O4S/c1-7-3-10-12(4-8(7)2)22-6-9(13(10)19)5-11-14(20)17-16(23)18-15(11)21/h3-6H,1-2H3,(H2,17,18,20,21,23). The van der Waals surface area contributed by atoms with Gasteiger partial charge in [-0.1, -0.05) is 0 Å². The first-order valence-corrected chi connectivity index (χ1v) is 7.19. The number of fused-ring (bicyclic) bond motifs is 1. The molecule has 2 heterocycles. The smallest absolute Gasteiger partial charge is 0.263 e. The molecular weight excluding hydrogens is 316 g/mol. The topological polar surface area (TPSA) is 88.4 Å². The second-order valence-electron chi connectivity index (χ2n) is 5.25. The molecule has 0 radical (unpaired) electrons. The minimum Gasteiger partial charge on any atom is -0.463 e. The lowest BCUT2D eigenvalue weighted by Crippen LogP contribution is -2.51. The van der Waals surface area contributed by atoms with Crippen LogP contribution in [0.25, 0.3) is 17.0 Å². The highest BCUT2D eigenvalue weighted by molar-refractivity contribution is 7.80. The first kappa shape index (κ1) is 15.1. The van der Waals surface area contributed by atoms with Gasteiger partial charge in [0.2, 0.25) is 0 Å². The summed E-state index contributed by atoms with van der Waals surface area (Å²) in [5.41, 5.74) is 2.02. The minimum absolute atomic E-state index is 0.0613. The summed E-state index contributed by atoms with van der Waals surface area (Å²) in [6, 6.07) is 3.51. The van der Waals surface area contributed by atoms with Gasteiger partial charge in [0.1, 0.15) is 17.4 Å². The normalized spacial score (nSPS) is 14.7. The van der Waals surface area contributed by atoms with E-state index in [9.17, 15) is 14.4 Å². The molecule has 0 aliphatic carbocycles. The van der Waals surface area contributed by atoms with Gasteiger partial charge >= 0.3 is 0 Å². The number of hydrogen-bond acceptors (Lipinski definition) is 5. The molecule has 0 saturated carbocycles. The van der Waals surface area contributed by atoms with E-state index >= 15 is 0 Å². The maximum absolute atomic E-state index is 12.5. The molecule has 0 unspecified atom stereocenters. The van der Waals surface area contributed by atoms with Crippen molar-refractivity contribution in [2.24, 2.45) is 0 Å². The van der Waals surface area contributed by atoms with Crippen LogP contribution in [0.2, 0.25) is 0 Å². The quantitative estimate of drug-likeness (QED) is 0.468. The van der Waals surface area contributed by atoms with Crippen LogP contribution in [0.15, 0.2) is 33.2 Å². The number of thiocarbonyl (C=S) groups is 1. The highest BCUT2D eigenvalue weighted by Gasteiger charge is 2.26. The van der Waals surface area contributed by atoms with E-state index in [1.165, 1.54) is 12.3 Å². The molecule has 6 nitrogen and oxygen atoms in total. The number of nitrogens with one attached hydrogen (secondary N) is 2. The average Bonchev–Trinajstić information content (AvgIpc) is 2.47. The Hall–Kier alpha value is -2.80. The van der Waals surface area contributed by atoms with Gasteiger partial charge in [-0.2, -0.15) is 0 Å². The van der Waals surface area contributed by atoms with Crippen molar-refractivity contribution >= 4 is 46.2 Å². The number of carbonyl (C=O) groups is 2.